The average Bonchev–Trinajstić information content (AvgIpc) is 3.17. The zero-order chi connectivity index (χ0) is 29.7. The first kappa shape index (κ1) is 30.6. The van der Waals surface area contributed by atoms with E-state index < -0.39 is 11.9 Å². The number of nitrogens with zero attached hydrogens (tertiary/aromatic N) is 2. The van der Waals surface area contributed by atoms with Gasteiger partial charge in [-0.05, 0) is 95.2 Å². The number of anilines is 1. The Morgan fingerprint density at radius 2 is 1.78 bits per heavy atom. The Kier molecular flexibility index (Phi) is 10.1. The van der Waals surface area contributed by atoms with Gasteiger partial charge in [0.2, 0.25) is 0 Å². The number of benzene rings is 3. The van der Waals surface area contributed by atoms with Gasteiger partial charge in [0.05, 0.1) is 31.0 Å². The van der Waals surface area contributed by atoms with Gasteiger partial charge in [0.1, 0.15) is 24.6 Å². The van der Waals surface area contributed by atoms with Crippen LogP contribution in [-0.4, -0.2) is 49.3 Å². The summed E-state index contributed by atoms with van der Waals surface area (Å²) in [7, 11) is 2.83. The van der Waals surface area contributed by atoms with E-state index in [1.54, 1.807) is 67.8 Å². The van der Waals surface area contributed by atoms with Crippen molar-refractivity contribution in [2.75, 3.05) is 32.3 Å². The molecule has 0 unspecified atom stereocenters. The summed E-state index contributed by atoms with van der Waals surface area (Å²) in [6.45, 7) is 2.14. The molecular formula is C29H25BrCl2N2O6S. The fourth-order valence-corrected chi connectivity index (χ4v) is 5.39. The third kappa shape index (κ3) is 6.95. The van der Waals surface area contributed by atoms with Crippen molar-refractivity contribution < 1.29 is 28.5 Å². The molecule has 1 saturated heterocycles. The number of carbonyl (C=O) groups excluding carboxylic acids is 2. The van der Waals surface area contributed by atoms with Crippen LogP contribution in [-0.2, 0) is 20.9 Å². The summed E-state index contributed by atoms with van der Waals surface area (Å²) in [5.74, 6) is 0.569. The molecule has 12 heteroatoms. The molecule has 0 aromatic heterocycles. The minimum Gasteiger partial charge on any atom is -0.497 e. The second kappa shape index (κ2) is 13.6. The summed E-state index contributed by atoms with van der Waals surface area (Å²) in [5.41, 5.74) is 2.07. The smallest absolute Gasteiger partial charge is 0.325 e. The standard InChI is InChI=1S/C29H25BrCl2N2O6S/c1-4-39-25-13-17(11-22(30)27(25)40-16-18-5-6-19(31)14-23(18)32)12-24-28(36)34(20-7-9-21(37-2)10-8-20)29(41)33(24)15-26(35)38-3/h5-14H,4,15-16H2,1-3H3/b24-12-. The predicted octanol–water partition coefficient (Wildman–Crippen LogP) is 6.89. The number of methoxy groups -OCH3 is 2. The van der Waals surface area contributed by atoms with Crippen molar-refractivity contribution in [2.45, 2.75) is 13.5 Å². The van der Waals surface area contributed by atoms with Crippen molar-refractivity contribution in [3.63, 3.8) is 0 Å². The highest BCUT2D eigenvalue weighted by Gasteiger charge is 2.40. The molecule has 3 aromatic rings. The maximum Gasteiger partial charge on any atom is 0.325 e. The van der Waals surface area contributed by atoms with E-state index in [0.29, 0.717) is 49.6 Å². The third-order valence-electron chi connectivity index (χ3n) is 6.00. The van der Waals surface area contributed by atoms with Crippen LogP contribution in [0, 0.1) is 0 Å². The van der Waals surface area contributed by atoms with Crippen molar-refractivity contribution in [2.24, 2.45) is 0 Å². The van der Waals surface area contributed by atoms with Crippen molar-refractivity contribution in [3.8, 4) is 17.2 Å². The van der Waals surface area contributed by atoms with E-state index in [0.717, 1.165) is 5.56 Å². The fraction of sp³-hybridized carbons (Fsp3) is 0.207. The largest absolute Gasteiger partial charge is 0.497 e. The topological polar surface area (TPSA) is 77.5 Å². The second-order valence-corrected chi connectivity index (χ2v) is 10.7. The van der Waals surface area contributed by atoms with Gasteiger partial charge in [0, 0.05) is 15.6 Å². The quantitative estimate of drug-likeness (QED) is 0.130. The van der Waals surface area contributed by atoms with Gasteiger partial charge in [-0.3, -0.25) is 14.5 Å². The van der Waals surface area contributed by atoms with E-state index in [-0.39, 0.29) is 24.0 Å². The van der Waals surface area contributed by atoms with Gasteiger partial charge in [-0.2, -0.15) is 0 Å². The van der Waals surface area contributed by atoms with Crippen LogP contribution in [0.15, 0.2) is 64.8 Å². The van der Waals surface area contributed by atoms with Crippen LogP contribution in [0.5, 0.6) is 17.2 Å². The van der Waals surface area contributed by atoms with Gasteiger partial charge < -0.3 is 23.8 Å². The minimum atomic E-state index is -0.552. The maximum absolute atomic E-state index is 13.7. The van der Waals surface area contributed by atoms with Gasteiger partial charge in [-0.1, -0.05) is 29.3 Å². The summed E-state index contributed by atoms with van der Waals surface area (Å²) >= 11 is 21.5. The molecule has 1 amide bonds. The molecule has 1 fully saturated rings. The Labute approximate surface area is 261 Å². The first-order valence-electron chi connectivity index (χ1n) is 12.3. The fourth-order valence-electron chi connectivity index (χ4n) is 4.01. The third-order valence-corrected chi connectivity index (χ3v) is 7.58. The number of amides is 1. The van der Waals surface area contributed by atoms with E-state index in [1.165, 1.54) is 16.9 Å². The monoisotopic (exact) mass is 678 g/mol. The predicted molar refractivity (Wildman–Crippen MR) is 166 cm³/mol. The summed E-state index contributed by atoms with van der Waals surface area (Å²) in [5, 5.41) is 1.15. The lowest BCUT2D eigenvalue weighted by Crippen LogP contribution is -2.35. The van der Waals surface area contributed by atoms with Crippen LogP contribution in [0.2, 0.25) is 10.0 Å². The maximum atomic E-state index is 13.7. The lowest BCUT2D eigenvalue weighted by atomic mass is 10.1. The molecular weight excluding hydrogens is 655 g/mol. The Bertz CT molecular complexity index is 1520. The highest BCUT2D eigenvalue weighted by molar-refractivity contribution is 9.10. The number of thiocarbonyl (C=S) groups is 1. The number of hydrogen-bond donors (Lipinski definition) is 0. The number of carbonyl (C=O) groups is 2. The van der Waals surface area contributed by atoms with Gasteiger partial charge in [0.15, 0.2) is 16.6 Å². The van der Waals surface area contributed by atoms with E-state index in [1.807, 2.05) is 6.92 Å². The SMILES string of the molecule is CCOc1cc(/C=C2/C(=O)N(c3ccc(OC)cc3)C(=S)N2CC(=O)OC)cc(Br)c1OCc1ccc(Cl)cc1Cl. The average molecular weight is 680 g/mol. The lowest BCUT2D eigenvalue weighted by Gasteiger charge is -2.19. The summed E-state index contributed by atoms with van der Waals surface area (Å²) in [4.78, 5) is 28.7. The normalized spacial score (nSPS) is 14.0. The van der Waals surface area contributed by atoms with Gasteiger partial charge in [-0.25, -0.2) is 0 Å². The van der Waals surface area contributed by atoms with E-state index in [9.17, 15) is 9.59 Å². The Balaban J connectivity index is 1.70. The van der Waals surface area contributed by atoms with E-state index >= 15 is 0 Å². The minimum absolute atomic E-state index is 0.140. The van der Waals surface area contributed by atoms with Crippen molar-refractivity contribution >= 4 is 80.1 Å². The molecule has 0 N–H and O–H groups in total. The molecule has 0 saturated carbocycles. The highest BCUT2D eigenvalue weighted by atomic mass is 79.9. The van der Waals surface area contributed by atoms with Gasteiger partial charge >= 0.3 is 5.97 Å². The van der Waals surface area contributed by atoms with E-state index in [2.05, 4.69) is 15.9 Å². The molecule has 1 aliphatic rings. The first-order valence-corrected chi connectivity index (χ1v) is 14.2. The van der Waals surface area contributed by atoms with Crippen LogP contribution in [0.25, 0.3) is 6.08 Å². The number of rotatable bonds is 10. The zero-order valence-corrected chi connectivity index (χ0v) is 26.2. The summed E-state index contributed by atoms with van der Waals surface area (Å²) in [6.07, 6.45) is 1.63. The van der Waals surface area contributed by atoms with Crippen LogP contribution >= 0.6 is 51.3 Å². The molecule has 0 atom stereocenters. The summed E-state index contributed by atoms with van der Waals surface area (Å²) < 4.78 is 22.6. The summed E-state index contributed by atoms with van der Waals surface area (Å²) in [6, 6.07) is 15.6. The van der Waals surface area contributed by atoms with Crippen LogP contribution in [0.1, 0.15) is 18.1 Å². The second-order valence-electron chi connectivity index (χ2n) is 8.60. The molecule has 4 rings (SSSR count). The Morgan fingerprint density at radius 1 is 1.05 bits per heavy atom. The zero-order valence-electron chi connectivity index (χ0n) is 22.3. The van der Waals surface area contributed by atoms with Crippen LogP contribution < -0.4 is 19.1 Å². The number of esters is 1. The molecule has 0 radical (unpaired) electrons. The Hall–Kier alpha value is -3.31. The van der Waals surface area contributed by atoms with Crippen LogP contribution in [0.3, 0.4) is 0 Å². The van der Waals surface area contributed by atoms with Gasteiger partial charge in [0.25, 0.3) is 5.91 Å². The molecule has 0 spiro atoms. The van der Waals surface area contributed by atoms with Crippen molar-refractivity contribution in [1.29, 1.82) is 0 Å². The van der Waals surface area contributed by atoms with Crippen molar-refractivity contribution in [1.82, 2.24) is 4.90 Å². The molecule has 8 nitrogen and oxygen atoms in total. The van der Waals surface area contributed by atoms with Gasteiger partial charge in [-0.15, -0.1) is 0 Å². The molecule has 3 aromatic carbocycles. The van der Waals surface area contributed by atoms with E-state index in [4.69, 9.17) is 54.4 Å². The molecule has 41 heavy (non-hydrogen) atoms. The number of hydrogen-bond acceptors (Lipinski definition) is 7. The molecule has 0 bridgehead atoms. The highest BCUT2D eigenvalue weighted by Crippen LogP contribution is 2.39. The molecule has 214 valence electrons. The van der Waals surface area contributed by atoms with Crippen molar-refractivity contribution in [3.05, 3.63) is 85.9 Å². The molecule has 1 aliphatic heterocycles. The Morgan fingerprint density at radius 3 is 2.41 bits per heavy atom. The molecule has 0 aliphatic carbocycles. The number of ether oxygens (including phenoxy) is 4. The first-order chi connectivity index (χ1) is 19.7. The van der Waals surface area contributed by atoms with Crippen LogP contribution in [0.4, 0.5) is 5.69 Å². The number of halogens is 3. The molecule has 1 heterocycles. The lowest BCUT2D eigenvalue weighted by molar-refractivity contribution is -0.140.